The lowest BCUT2D eigenvalue weighted by atomic mass is 10.2. The quantitative estimate of drug-likeness (QED) is 0.394. The summed E-state index contributed by atoms with van der Waals surface area (Å²) in [7, 11) is 0. The van der Waals surface area contributed by atoms with Gasteiger partial charge in [0.15, 0.2) is 12.2 Å². The van der Waals surface area contributed by atoms with Crippen molar-refractivity contribution in [2.45, 2.75) is 6.54 Å². The molecule has 0 N–H and O–H groups in total. The minimum atomic E-state index is 0.938. The van der Waals surface area contributed by atoms with Crippen molar-refractivity contribution in [3.63, 3.8) is 0 Å². The number of rotatable bonds is 0. The lowest BCUT2D eigenvalue weighted by Gasteiger charge is -1.91. The summed E-state index contributed by atoms with van der Waals surface area (Å²) in [5, 5.41) is 1.28. The molecule has 0 saturated heterocycles. The molecule has 5 rings (SSSR count). The SMILES string of the molecule is c1cnc2c(c1)C[n+]1c-2sc2cn3ccccc3c21. The van der Waals surface area contributed by atoms with Crippen molar-refractivity contribution < 1.29 is 4.57 Å². The fourth-order valence-electron chi connectivity index (χ4n) is 2.95. The number of pyridine rings is 2. The van der Waals surface area contributed by atoms with E-state index in [1.807, 2.05) is 23.6 Å². The Labute approximate surface area is 113 Å². The molecule has 0 saturated carbocycles. The maximum absolute atomic E-state index is 4.54. The van der Waals surface area contributed by atoms with Gasteiger partial charge < -0.3 is 4.40 Å². The monoisotopic (exact) mass is 264 g/mol. The van der Waals surface area contributed by atoms with Gasteiger partial charge in [-0.2, -0.15) is 4.57 Å². The van der Waals surface area contributed by atoms with Gasteiger partial charge >= 0.3 is 0 Å². The van der Waals surface area contributed by atoms with Crippen LogP contribution in [0.3, 0.4) is 0 Å². The van der Waals surface area contributed by atoms with Crippen LogP contribution >= 0.6 is 11.3 Å². The molecule has 1 aliphatic rings. The fourth-order valence-corrected chi connectivity index (χ4v) is 4.18. The molecule has 1 aliphatic heterocycles. The van der Waals surface area contributed by atoms with E-state index >= 15 is 0 Å². The van der Waals surface area contributed by atoms with E-state index in [0.29, 0.717) is 0 Å². The van der Waals surface area contributed by atoms with Crippen LogP contribution in [0.4, 0.5) is 0 Å². The minimum Gasteiger partial charge on any atom is -0.317 e. The van der Waals surface area contributed by atoms with Gasteiger partial charge in [0, 0.05) is 18.6 Å². The number of thiazole rings is 1. The highest BCUT2D eigenvalue weighted by Crippen LogP contribution is 2.35. The van der Waals surface area contributed by atoms with Gasteiger partial charge in [0.25, 0.3) is 5.01 Å². The molecule has 0 bridgehead atoms. The first kappa shape index (κ1) is 9.69. The number of aromatic nitrogens is 3. The molecule has 0 spiro atoms. The van der Waals surface area contributed by atoms with Gasteiger partial charge in [0.05, 0.1) is 5.56 Å². The highest BCUT2D eigenvalue weighted by atomic mass is 32.1. The van der Waals surface area contributed by atoms with Crippen LogP contribution in [-0.2, 0) is 6.54 Å². The van der Waals surface area contributed by atoms with E-state index in [-0.39, 0.29) is 0 Å². The molecule has 0 fully saturated rings. The van der Waals surface area contributed by atoms with E-state index in [2.05, 4.69) is 50.6 Å². The molecule has 90 valence electrons. The van der Waals surface area contributed by atoms with Crippen LogP contribution in [0.5, 0.6) is 0 Å². The van der Waals surface area contributed by atoms with Crippen molar-refractivity contribution in [2.75, 3.05) is 0 Å². The van der Waals surface area contributed by atoms with E-state index in [0.717, 1.165) is 12.2 Å². The maximum Gasteiger partial charge on any atom is 0.289 e. The third-order valence-corrected chi connectivity index (χ3v) is 4.89. The summed E-state index contributed by atoms with van der Waals surface area (Å²) in [6.07, 6.45) is 6.20. The van der Waals surface area contributed by atoms with Gasteiger partial charge in [-0.15, -0.1) is 0 Å². The van der Waals surface area contributed by atoms with Gasteiger partial charge in [-0.3, -0.25) is 0 Å². The van der Waals surface area contributed by atoms with Crippen LogP contribution in [0.15, 0.2) is 48.9 Å². The first-order valence-corrected chi connectivity index (χ1v) is 7.10. The summed E-state index contributed by atoms with van der Waals surface area (Å²) in [6, 6.07) is 10.5. The second kappa shape index (κ2) is 3.22. The lowest BCUT2D eigenvalue weighted by molar-refractivity contribution is -0.641. The van der Waals surface area contributed by atoms with Crippen molar-refractivity contribution in [3.05, 3.63) is 54.5 Å². The Bertz CT molecular complexity index is 949. The zero-order chi connectivity index (χ0) is 12.4. The van der Waals surface area contributed by atoms with E-state index in [4.69, 9.17) is 0 Å². The molecule has 0 aromatic carbocycles. The van der Waals surface area contributed by atoms with Crippen LogP contribution < -0.4 is 4.57 Å². The predicted octanol–water partition coefficient (Wildman–Crippen LogP) is 2.87. The van der Waals surface area contributed by atoms with E-state index in [1.165, 1.54) is 26.3 Å². The summed E-state index contributed by atoms with van der Waals surface area (Å²) in [4.78, 5) is 4.54. The van der Waals surface area contributed by atoms with E-state index in [9.17, 15) is 0 Å². The molecular formula is C15H10N3S+. The van der Waals surface area contributed by atoms with Gasteiger partial charge in [-0.05, 0) is 24.3 Å². The third kappa shape index (κ3) is 1.12. The van der Waals surface area contributed by atoms with Crippen LogP contribution in [0, 0.1) is 0 Å². The van der Waals surface area contributed by atoms with Gasteiger partial charge in [0.1, 0.15) is 10.2 Å². The Morgan fingerprint density at radius 3 is 3.21 bits per heavy atom. The Balaban J connectivity index is 1.94. The highest BCUT2D eigenvalue weighted by molar-refractivity contribution is 7.21. The molecule has 0 atom stereocenters. The molecule has 0 radical (unpaired) electrons. The van der Waals surface area contributed by atoms with E-state index in [1.54, 1.807) is 0 Å². The summed E-state index contributed by atoms with van der Waals surface area (Å²) >= 11 is 1.83. The van der Waals surface area contributed by atoms with Crippen molar-refractivity contribution >= 4 is 27.1 Å². The zero-order valence-electron chi connectivity index (χ0n) is 10.1. The van der Waals surface area contributed by atoms with Crippen LogP contribution in [-0.4, -0.2) is 9.38 Å². The largest absolute Gasteiger partial charge is 0.317 e. The molecule has 3 nitrogen and oxygen atoms in total. The zero-order valence-corrected chi connectivity index (χ0v) is 10.9. The smallest absolute Gasteiger partial charge is 0.289 e. The van der Waals surface area contributed by atoms with Gasteiger partial charge in [-0.25, -0.2) is 4.98 Å². The van der Waals surface area contributed by atoms with Crippen LogP contribution in [0.25, 0.3) is 26.4 Å². The Hall–Kier alpha value is -2.20. The molecule has 4 aromatic heterocycles. The molecule has 0 unspecified atom stereocenters. The summed E-state index contributed by atoms with van der Waals surface area (Å²) in [5.74, 6) is 0. The Kier molecular flexibility index (Phi) is 1.64. The number of hydrogen-bond acceptors (Lipinski definition) is 2. The maximum atomic E-state index is 4.54. The molecule has 0 aliphatic carbocycles. The molecule has 4 heteroatoms. The highest BCUT2D eigenvalue weighted by Gasteiger charge is 2.34. The summed E-state index contributed by atoms with van der Waals surface area (Å²) < 4.78 is 5.93. The molecular weight excluding hydrogens is 254 g/mol. The van der Waals surface area contributed by atoms with Gasteiger partial charge in [0.2, 0.25) is 5.52 Å². The van der Waals surface area contributed by atoms with Crippen molar-refractivity contribution in [1.29, 1.82) is 0 Å². The standard InChI is InChI=1S/C15H10N3S/c1-2-7-17-9-12-14(11(17)5-1)18-8-10-4-3-6-16-13(10)15(18)19-12/h1-7,9H,8H2/q+1. The number of fused-ring (bicyclic) bond motifs is 7. The van der Waals surface area contributed by atoms with Crippen LogP contribution in [0.1, 0.15) is 5.56 Å². The van der Waals surface area contributed by atoms with Crippen molar-refractivity contribution in [2.24, 2.45) is 0 Å². The molecule has 5 heterocycles. The Morgan fingerprint density at radius 2 is 2.21 bits per heavy atom. The number of hydrogen-bond donors (Lipinski definition) is 0. The minimum absolute atomic E-state index is 0.938. The molecule has 0 amide bonds. The second-order valence-electron chi connectivity index (χ2n) is 4.84. The lowest BCUT2D eigenvalue weighted by Crippen LogP contribution is -2.30. The molecule has 19 heavy (non-hydrogen) atoms. The molecule has 4 aromatic rings. The topological polar surface area (TPSA) is 21.2 Å². The van der Waals surface area contributed by atoms with Crippen LogP contribution in [0.2, 0.25) is 0 Å². The first-order valence-electron chi connectivity index (χ1n) is 6.28. The summed E-state index contributed by atoms with van der Waals surface area (Å²) in [6.45, 7) is 0.938. The second-order valence-corrected chi connectivity index (χ2v) is 5.87. The van der Waals surface area contributed by atoms with Crippen molar-refractivity contribution in [1.82, 2.24) is 9.38 Å². The van der Waals surface area contributed by atoms with Gasteiger partial charge in [-0.1, -0.05) is 17.4 Å². The normalized spacial score (nSPS) is 13.1. The first-order chi connectivity index (χ1) is 9.42. The average molecular weight is 264 g/mol. The summed E-state index contributed by atoms with van der Waals surface area (Å²) in [5.41, 5.74) is 5.08. The fraction of sp³-hybridized carbons (Fsp3) is 0.0667. The Morgan fingerprint density at radius 1 is 1.21 bits per heavy atom. The van der Waals surface area contributed by atoms with E-state index < -0.39 is 0 Å². The van der Waals surface area contributed by atoms with Crippen molar-refractivity contribution in [3.8, 4) is 10.7 Å². The number of nitrogens with zero attached hydrogens (tertiary/aromatic N) is 3. The third-order valence-electron chi connectivity index (χ3n) is 3.77. The predicted molar refractivity (Wildman–Crippen MR) is 75.3 cm³/mol. The average Bonchev–Trinajstić information content (AvgIpc) is 3.05.